The standard InChI is InChI=1S/C36H70O3.C18H36O2/c1-3-5-7-9-11-13-15-17-19-23-35(27-21-25-33-29-31-37-33)39-36(28-22-26-34-30-32-38-34)24-20-18-16-14-12-10-8-6-4-2;1-2-3-4-5-6-7-8-9-10-11-12-13-14-15-16-17-18(19)20/h33-36H,3-32H2,1-2H3;2-17H2,1H3,(H,19,20). The minimum absolute atomic E-state index is 0.345. The molecule has 2 rings (SSSR count). The van der Waals surface area contributed by atoms with Gasteiger partial charge in [-0.2, -0.15) is 0 Å². The van der Waals surface area contributed by atoms with Crippen LogP contribution in [-0.4, -0.2) is 48.7 Å². The Morgan fingerprint density at radius 2 is 0.678 bits per heavy atom. The molecule has 0 radical (unpaired) electrons. The van der Waals surface area contributed by atoms with E-state index in [0.29, 0.717) is 30.8 Å². The van der Waals surface area contributed by atoms with Crippen molar-refractivity contribution in [2.75, 3.05) is 13.2 Å². The Morgan fingerprint density at radius 3 is 0.932 bits per heavy atom. The second kappa shape index (κ2) is 45.4. The average Bonchev–Trinajstić information content (AvgIpc) is 3.19. The Hall–Kier alpha value is -0.650. The van der Waals surface area contributed by atoms with Gasteiger partial charge in [0.1, 0.15) is 0 Å². The van der Waals surface area contributed by atoms with Crippen molar-refractivity contribution in [2.45, 2.75) is 328 Å². The zero-order valence-corrected chi connectivity index (χ0v) is 40.4. The number of ether oxygens (including phenoxy) is 3. The van der Waals surface area contributed by atoms with E-state index in [2.05, 4.69) is 20.8 Å². The molecule has 352 valence electrons. The lowest BCUT2D eigenvalue weighted by Crippen LogP contribution is -2.28. The number of hydrogen-bond acceptors (Lipinski definition) is 4. The third-order valence-electron chi connectivity index (χ3n) is 13.3. The van der Waals surface area contributed by atoms with Crippen LogP contribution >= 0.6 is 0 Å². The lowest BCUT2D eigenvalue weighted by Gasteiger charge is -2.30. The maximum absolute atomic E-state index is 10.3. The van der Waals surface area contributed by atoms with E-state index in [9.17, 15) is 4.79 Å². The van der Waals surface area contributed by atoms with Crippen LogP contribution in [0.25, 0.3) is 0 Å². The summed E-state index contributed by atoms with van der Waals surface area (Å²) in [6, 6.07) is 0. The van der Waals surface area contributed by atoms with Gasteiger partial charge >= 0.3 is 5.97 Å². The van der Waals surface area contributed by atoms with Crippen molar-refractivity contribution in [1.82, 2.24) is 0 Å². The van der Waals surface area contributed by atoms with Gasteiger partial charge in [0.25, 0.3) is 0 Å². The third kappa shape index (κ3) is 39.9. The second-order valence-electron chi connectivity index (χ2n) is 19.1. The Bertz CT molecular complexity index is 782. The van der Waals surface area contributed by atoms with Crippen molar-refractivity contribution < 1.29 is 24.1 Å². The molecule has 2 heterocycles. The normalized spacial score (nSPS) is 17.2. The molecule has 4 atom stereocenters. The number of carbonyl (C=O) groups is 1. The third-order valence-corrected chi connectivity index (χ3v) is 13.3. The Morgan fingerprint density at radius 1 is 0.424 bits per heavy atom. The van der Waals surface area contributed by atoms with Gasteiger partial charge in [-0.1, -0.05) is 226 Å². The molecule has 0 bridgehead atoms. The van der Waals surface area contributed by atoms with E-state index in [1.54, 1.807) is 0 Å². The van der Waals surface area contributed by atoms with Gasteiger partial charge in [0.05, 0.1) is 24.4 Å². The maximum atomic E-state index is 10.3. The molecule has 2 fully saturated rings. The molecule has 0 amide bonds. The van der Waals surface area contributed by atoms with Crippen LogP contribution in [0.4, 0.5) is 0 Å². The molecule has 2 saturated heterocycles. The van der Waals surface area contributed by atoms with Gasteiger partial charge in [-0.25, -0.2) is 0 Å². The van der Waals surface area contributed by atoms with E-state index in [1.165, 1.54) is 263 Å². The van der Waals surface area contributed by atoms with Gasteiger partial charge in [-0.15, -0.1) is 0 Å². The summed E-state index contributed by atoms with van der Waals surface area (Å²) in [6.07, 6.45) is 60.1. The number of rotatable bonds is 46. The summed E-state index contributed by atoms with van der Waals surface area (Å²) in [5.74, 6) is -0.653. The van der Waals surface area contributed by atoms with Crippen LogP contribution in [0.1, 0.15) is 303 Å². The molecule has 0 aliphatic carbocycles. The predicted molar refractivity (Wildman–Crippen MR) is 256 cm³/mol. The van der Waals surface area contributed by atoms with Crippen LogP contribution in [0.15, 0.2) is 0 Å². The minimum atomic E-state index is -0.653. The fourth-order valence-corrected chi connectivity index (χ4v) is 9.02. The second-order valence-corrected chi connectivity index (χ2v) is 19.1. The first-order chi connectivity index (χ1) is 29.1. The quantitative estimate of drug-likeness (QED) is 0.0619. The highest BCUT2D eigenvalue weighted by molar-refractivity contribution is 5.66. The first kappa shape index (κ1) is 56.4. The molecule has 0 aromatic heterocycles. The fourth-order valence-electron chi connectivity index (χ4n) is 9.02. The summed E-state index contributed by atoms with van der Waals surface area (Å²) in [7, 11) is 0. The van der Waals surface area contributed by atoms with Crippen LogP contribution in [0.2, 0.25) is 0 Å². The Balaban J connectivity index is 0.000000734. The SMILES string of the molecule is CCCCCCCCCCCC(CCCC1CCO1)OC(CCCCCCCCCCC)CCCC1CCO1.CCCCCCCCCCCCCCCCCC(=O)O. The summed E-state index contributed by atoms with van der Waals surface area (Å²) in [6.45, 7) is 8.85. The van der Waals surface area contributed by atoms with Gasteiger partial charge < -0.3 is 19.3 Å². The summed E-state index contributed by atoms with van der Waals surface area (Å²) < 4.78 is 18.4. The summed E-state index contributed by atoms with van der Waals surface area (Å²) in [5.41, 5.74) is 0. The summed E-state index contributed by atoms with van der Waals surface area (Å²) in [5, 5.41) is 8.52. The molecule has 2 aliphatic rings. The summed E-state index contributed by atoms with van der Waals surface area (Å²) in [4.78, 5) is 10.3. The van der Waals surface area contributed by atoms with Crippen molar-refractivity contribution in [3.63, 3.8) is 0 Å². The van der Waals surface area contributed by atoms with Gasteiger partial charge in [0.15, 0.2) is 0 Å². The molecule has 0 saturated carbocycles. The van der Waals surface area contributed by atoms with E-state index in [1.807, 2.05) is 0 Å². The van der Waals surface area contributed by atoms with Gasteiger partial charge in [0, 0.05) is 19.6 Å². The summed E-state index contributed by atoms with van der Waals surface area (Å²) >= 11 is 0. The van der Waals surface area contributed by atoms with Gasteiger partial charge in [-0.05, 0) is 70.6 Å². The van der Waals surface area contributed by atoms with E-state index in [4.69, 9.17) is 19.3 Å². The smallest absolute Gasteiger partial charge is 0.303 e. The molecule has 5 nitrogen and oxygen atoms in total. The number of hydrogen-bond donors (Lipinski definition) is 1. The molecular weight excluding hydrogens is 729 g/mol. The molecule has 0 aromatic carbocycles. The van der Waals surface area contributed by atoms with E-state index >= 15 is 0 Å². The van der Waals surface area contributed by atoms with Gasteiger partial charge in [-0.3, -0.25) is 4.79 Å². The molecule has 2 aliphatic heterocycles. The molecule has 1 N–H and O–H groups in total. The average molecular weight is 835 g/mol. The van der Waals surface area contributed by atoms with Crippen molar-refractivity contribution in [3.05, 3.63) is 0 Å². The van der Waals surface area contributed by atoms with Crippen LogP contribution in [0.3, 0.4) is 0 Å². The molecule has 0 aromatic rings. The largest absolute Gasteiger partial charge is 0.481 e. The Kier molecular flexibility index (Phi) is 43.4. The highest BCUT2D eigenvalue weighted by Gasteiger charge is 2.22. The van der Waals surface area contributed by atoms with Crippen LogP contribution in [0, 0.1) is 0 Å². The van der Waals surface area contributed by atoms with Gasteiger partial charge in [0.2, 0.25) is 0 Å². The van der Waals surface area contributed by atoms with E-state index in [0.717, 1.165) is 26.1 Å². The molecule has 59 heavy (non-hydrogen) atoms. The van der Waals surface area contributed by atoms with Crippen LogP contribution < -0.4 is 0 Å². The predicted octanol–water partition coefficient (Wildman–Crippen LogP) is 17.8. The van der Waals surface area contributed by atoms with Crippen molar-refractivity contribution in [2.24, 2.45) is 0 Å². The first-order valence-corrected chi connectivity index (χ1v) is 27.2. The first-order valence-electron chi connectivity index (χ1n) is 27.2. The molecule has 5 heteroatoms. The highest BCUT2D eigenvalue weighted by Crippen LogP contribution is 2.26. The number of unbranched alkanes of at least 4 members (excludes halogenated alkanes) is 30. The Labute approximate surface area is 369 Å². The molecule has 4 unspecified atom stereocenters. The molecular formula is C54H106O5. The highest BCUT2D eigenvalue weighted by atomic mass is 16.5. The van der Waals surface area contributed by atoms with Crippen LogP contribution in [0.5, 0.6) is 0 Å². The number of aliphatic carboxylic acids is 1. The van der Waals surface area contributed by atoms with Crippen molar-refractivity contribution in [3.8, 4) is 0 Å². The van der Waals surface area contributed by atoms with Crippen molar-refractivity contribution >= 4 is 5.97 Å². The van der Waals surface area contributed by atoms with Crippen molar-refractivity contribution in [1.29, 1.82) is 0 Å². The zero-order chi connectivity index (χ0) is 42.5. The topological polar surface area (TPSA) is 65.0 Å². The monoisotopic (exact) mass is 835 g/mol. The van der Waals surface area contributed by atoms with Crippen LogP contribution in [-0.2, 0) is 19.0 Å². The zero-order valence-electron chi connectivity index (χ0n) is 40.4. The van der Waals surface area contributed by atoms with E-state index < -0.39 is 5.97 Å². The number of carboxylic acids is 1. The lowest BCUT2D eigenvalue weighted by atomic mass is 9.98. The minimum Gasteiger partial charge on any atom is -0.481 e. The maximum Gasteiger partial charge on any atom is 0.303 e. The fraction of sp³-hybridized carbons (Fsp3) is 0.981. The molecule has 0 spiro atoms. The lowest BCUT2D eigenvalue weighted by molar-refractivity contribution is -0.137. The number of carboxylic acid groups (broad SMARTS) is 1. The van der Waals surface area contributed by atoms with E-state index in [-0.39, 0.29) is 0 Å².